The second-order valence-electron chi connectivity index (χ2n) is 6.40. The third-order valence-electron chi connectivity index (χ3n) is 4.57. The van der Waals surface area contributed by atoms with Crippen LogP contribution in [0, 0.1) is 0 Å². The molecule has 0 saturated carbocycles. The molecule has 0 spiro atoms. The Kier molecular flexibility index (Phi) is 3.98. The minimum Gasteiger partial charge on any atom is -0.482 e. The fraction of sp³-hybridized carbons (Fsp3) is 0.143. The van der Waals surface area contributed by atoms with Crippen LogP contribution in [0.1, 0.15) is 23.0 Å². The number of amides is 1. The number of carbonyl (C=O) groups excluding carboxylic acids is 1. The molecule has 3 heterocycles. The van der Waals surface area contributed by atoms with Crippen molar-refractivity contribution in [2.75, 3.05) is 11.9 Å². The number of furan rings is 1. The lowest BCUT2D eigenvalue weighted by molar-refractivity contribution is -0.118. The Bertz CT molecular complexity index is 1040. The Morgan fingerprint density at radius 2 is 2.04 bits per heavy atom. The van der Waals surface area contributed by atoms with E-state index in [2.05, 4.69) is 11.4 Å². The van der Waals surface area contributed by atoms with E-state index in [4.69, 9.17) is 14.1 Å². The van der Waals surface area contributed by atoms with Crippen LogP contribution in [0.4, 0.5) is 11.4 Å². The molecule has 27 heavy (non-hydrogen) atoms. The molecular weight excluding hydrogens is 360 g/mol. The number of fused-ring (bicyclic) bond motifs is 2. The number of rotatable bonds is 2. The van der Waals surface area contributed by atoms with E-state index in [0.717, 1.165) is 34.0 Å². The first-order valence-electron chi connectivity index (χ1n) is 8.70. The summed E-state index contributed by atoms with van der Waals surface area (Å²) in [6.45, 7) is 0.0534. The maximum atomic E-state index is 11.7. The molecule has 1 amide bonds. The lowest BCUT2D eigenvalue weighted by atomic mass is 10.0. The van der Waals surface area contributed by atoms with Crippen molar-refractivity contribution in [2.24, 2.45) is 4.99 Å². The Balaban J connectivity index is 1.59. The van der Waals surface area contributed by atoms with E-state index in [9.17, 15) is 4.79 Å². The molecule has 2 aromatic carbocycles. The molecule has 0 aliphatic carbocycles. The van der Waals surface area contributed by atoms with E-state index in [-0.39, 0.29) is 17.8 Å². The molecule has 134 valence electrons. The van der Waals surface area contributed by atoms with Crippen LogP contribution in [0.25, 0.3) is 0 Å². The maximum Gasteiger partial charge on any atom is 0.262 e. The molecule has 1 N–H and O–H groups in total. The van der Waals surface area contributed by atoms with Crippen molar-refractivity contribution in [1.29, 1.82) is 0 Å². The van der Waals surface area contributed by atoms with Crippen molar-refractivity contribution in [1.82, 2.24) is 0 Å². The average molecular weight is 376 g/mol. The third-order valence-corrected chi connectivity index (χ3v) is 5.86. The van der Waals surface area contributed by atoms with Crippen LogP contribution in [-0.4, -0.2) is 18.2 Å². The topological polar surface area (TPSA) is 63.8 Å². The smallest absolute Gasteiger partial charge is 0.262 e. The summed E-state index contributed by atoms with van der Waals surface area (Å²) in [6.07, 6.45) is 2.43. The number of carbonyl (C=O) groups is 1. The van der Waals surface area contributed by atoms with Crippen molar-refractivity contribution in [3.8, 4) is 5.75 Å². The lowest BCUT2D eigenvalue weighted by Crippen LogP contribution is -2.25. The molecule has 0 fully saturated rings. The molecule has 3 aromatic rings. The normalized spacial score (nSPS) is 18.4. The van der Waals surface area contributed by atoms with E-state index in [1.807, 2.05) is 48.5 Å². The standard InChI is InChI=1S/C21H16N2O3S/c24-21-12-26-17-8-7-13(10-16(17)23-21)15-11-20(18-5-3-9-25-18)27-19-6-2-1-4-14(19)22-15/h1-10,20H,11-12H2,(H,23,24)/t20-/m1/s1. The van der Waals surface area contributed by atoms with Gasteiger partial charge in [-0.2, -0.15) is 0 Å². The quantitative estimate of drug-likeness (QED) is 0.686. The number of hydrogen-bond donors (Lipinski definition) is 1. The Morgan fingerprint density at radius 3 is 2.93 bits per heavy atom. The first kappa shape index (κ1) is 16.2. The first-order chi connectivity index (χ1) is 13.3. The van der Waals surface area contributed by atoms with Crippen molar-refractivity contribution in [3.63, 3.8) is 0 Å². The SMILES string of the molecule is O=C1COc2ccc(C3=Nc4ccccc4S[C@@H](c4ccco4)C3)cc2N1. The molecule has 5 rings (SSSR count). The van der Waals surface area contributed by atoms with Crippen LogP contribution < -0.4 is 10.1 Å². The van der Waals surface area contributed by atoms with E-state index < -0.39 is 0 Å². The van der Waals surface area contributed by atoms with Crippen LogP contribution in [0.5, 0.6) is 5.75 Å². The predicted octanol–water partition coefficient (Wildman–Crippen LogP) is 4.97. The fourth-order valence-electron chi connectivity index (χ4n) is 3.29. The van der Waals surface area contributed by atoms with E-state index in [0.29, 0.717) is 11.4 Å². The lowest BCUT2D eigenvalue weighted by Gasteiger charge is -2.19. The van der Waals surface area contributed by atoms with Gasteiger partial charge in [-0.15, -0.1) is 11.8 Å². The van der Waals surface area contributed by atoms with Crippen LogP contribution in [0.2, 0.25) is 0 Å². The van der Waals surface area contributed by atoms with Gasteiger partial charge in [0.25, 0.3) is 5.91 Å². The van der Waals surface area contributed by atoms with Gasteiger partial charge in [0.2, 0.25) is 0 Å². The molecule has 2 aliphatic heterocycles. The zero-order chi connectivity index (χ0) is 18.2. The summed E-state index contributed by atoms with van der Waals surface area (Å²) in [7, 11) is 0. The van der Waals surface area contributed by atoms with Gasteiger partial charge in [-0.1, -0.05) is 12.1 Å². The minimum atomic E-state index is -0.142. The zero-order valence-corrected chi connectivity index (χ0v) is 15.2. The average Bonchev–Trinajstić information content (AvgIpc) is 3.15. The van der Waals surface area contributed by atoms with Crippen molar-refractivity contribution >= 4 is 34.8 Å². The molecule has 5 nitrogen and oxygen atoms in total. The summed E-state index contributed by atoms with van der Waals surface area (Å²) in [5.74, 6) is 1.47. The Labute approximate surface area is 160 Å². The van der Waals surface area contributed by atoms with Gasteiger partial charge in [-0.05, 0) is 48.0 Å². The van der Waals surface area contributed by atoms with Gasteiger partial charge in [-0.3, -0.25) is 9.79 Å². The fourth-order valence-corrected chi connectivity index (χ4v) is 4.48. The largest absolute Gasteiger partial charge is 0.482 e. The third kappa shape index (κ3) is 3.13. The highest BCUT2D eigenvalue weighted by atomic mass is 32.2. The summed E-state index contributed by atoms with van der Waals surface area (Å²) in [4.78, 5) is 17.7. The summed E-state index contributed by atoms with van der Waals surface area (Å²) in [5, 5.41) is 3.00. The second kappa shape index (κ2) is 6.63. The van der Waals surface area contributed by atoms with Crippen LogP contribution in [-0.2, 0) is 4.79 Å². The molecule has 2 aliphatic rings. The van der Waals surface area contributed by atoms with Gasteiger partial charge in [0.1, 0.15) is 11.5 Å². The maximum absolute atomic E-state index is 11.7. The van der Waals surface area contributed by atoms with Crippen LogP contribution in [0.3, 0.4) is 0 Å². The number of ether oxygens (including phenoxy) is 1. The van der Waals surface area contributed by atoms with Gasteiger partial charge < -0.3 is 14.5 Å². The van der Waals surface area contributed by atoms with Crippen LogP contribution >= 0.6 is 11.8 Å². The molecule has 0 radical (unpaired) electrons. The number of hydrogen-bond acceptors (Lipinski definition) is 5. The van der Waals surface area contributed by atoms with E-state index >= 15 is 0 Å². The second-order valence-corrected chi connectivity index (χ2v) is 7.64. The minimum absolute atomic E-state index is 0.0534. The molecule has 6 heteroatoms. The van der Waals surface area contributed by atoms with E-state index in [1.54, 1.807) is 18.0 Å². The van der Waals surface area contributed by atoms with Gasteiger partial charge in [-0.25, -0.2) is 0 Å². The van der Waals surface area contributed by atoms with E-state index in [1.165, 1.54) is 0 Å². The molecule has 0 bridgehead atoms. The number of anilines is 1. The van der Waals surface area contributed by atoms with Crippen molar-refractivity contribution in [2.45, 2.75) is 16.6 Å². The summed E-state index contributed by atoms with van der Waals surface area (Å²) < 4.78 is 11.1. The van der Waals surface area contributed by atoms with Gasteiger partial charge in [0.15, 0.2) is 6.61 Å². The predicted molar refractivity (Wildman–Crippen MR) is 105 cm³/mol. The number of nitrogens with zero attached hydrogens (tertiary/aromatic N) is 1. The summed E-state index contributed by atoms with van der Waals surface area (Å²) in [6, 6.07) is 17.9. The van der Waals surface area contributed by atoms with Gasteiger partial charge in [0.05, 0.1) is 22.9 Å². The molecule has 0 saturated heterocycles. The number of aliphatic imine (C=N–C) groups is 1. The number of benzene rings is 2. The summed E-state index contributed by atoms with van der Waals surface area (Å²) in [5.41, 5.74) is 3.56. The Morgan fingerprint density at radius 1 is 1.11 bits per heavy atom. The Hall–Kier alpha value is -2.99. The summed E-state index contributed by atoms with van der Waals surface area (Å²) >= 11 is 1.76. The highest BCUT2D eigenvalue weighted by Crippen LogP contribution is 2.45. The highest BCUT2D eigenvalue weighted by Gasteiger charge is 2.25. The molecule has 0 unspecified atom stereocenters. The molecular formula is C21H16N2O3S. The van der Waals surface area contributed by atoms with Crippen LogP contribution in [0.15, 0.2) is 75.2 Å². The monoisotopic (exact) mass is 376 g/mol. The highest BCUT2D eigenvalue weighted by molar-refractivity contribution is 7.99. The first-order valence-corrected chi connectivity index (χ1v) is 9.58. The van der Waals surface area contributed by atoms with Crippen molar-refractivity contribution < 1.29 is 13.9 Å². The number of thioether (sulfide) groups is 1. The molecule has 1 aromatic heterocycles. The zero-order valence-electron chi connectivity index (χ0n) is 14.3. The van der Waals surface area contributed by atoms with Crippen molar-refractivity contribution in [3.05, 3.63) is 72.2 Å². The van der Waals surface area contributed by atoms with Gasteiger partial charge in [0, 0.05) is 17.0 Å². The molecule has 1 atom stereocenters. The number of nitrogens with one attached hydrogen (secondary N) is 1. The number of para-hydroxylation sites is 1. The van der Waals surface area contributed by atoms with Gasteiger partial charge >= 0.3 is 0 Å².